The predicted molar refractivity (Wildman–Crippen MR) is 91.1 cm³/mol. The molecule has 3 rings (SSSR count). The third kappa shape index (κ3) is 2.71. The van der Waals surface area contributed by atoms with Crippen LogP contribution in [-0.2, 0) is 4.74 Å². The number of fused-ring (bicyclic) bond motifs is 1. The molecule has 124 valence electrons. The smallest absolute Gasteiger partial charge is 0.109 e. The molecule has 0 unspecified atom stereocenters. The Hall–Kier alpha value is -0.870. The summed E-state index contributed by atoms with van der Waals surface area (Å²) in [6.45, 7) is 18.8. The molecule has 3 heterocycles. The van der Waals surface area contributed by atoms with E-state index >= 15 is 0 Å². The van der Waals surface area contributed by atoms with Crippen LogP contribution in [0.3, 0.4) is 0 Å². The van der Waals surface area contributed by atoms with Crippen molar-refractivity contribution in [2.24, 2.45) is 16.3 Å². The standard InChI is InChI=1S/C18H31N3O/c1-12(2)16-13(3)19-17(18(4,5)6)21-8-7-20(9-15(16)21)14-10-22-11-14/h12-14H,7-11H2,1-6H3/t13-/m0/s1. The van der Waals surface area contributed by atoms with Crippen LogP contribution >= 0.6 is 0 Å². The lowest BCUT2D eigenvalue weighted by molar-refractivity contribution is -0.0687. The molecular weight excluding hydrogens is 274 g/mol. The Morgan fingerprint density at radius 2 is 1.86 bits per heavy atom. The van der Waals surface area contributed by atoms with Crippen LogP contribution in [0.2, 0.25) is 0 Å². The molecule has 0 saturated carbocycles. The van der Waals surface area contributed by atoms with Gasteiger partial charge in [-0.2, -0.15) is 0 Å². The lowest BCUT2D eigenvalue weighted by Gasteiger charge is -2.49. The number of rotatable bonds is 2. The minimum atomic E-state index is 0.101. The van der Waals surface area contributed by atoms with E-state index in [0.29, 0.717) is 18.0 Å². The molecule has 0 aliphatic carbocycles. The minimum Gasteiger partial charge on any atom is -0.378 e. The Kier molecular flexibility index (Phi) is 4.11. The van der Waals surface area contributed by atoms with Crippen molar-refractivity contribution in [3.63, 3.8) is 0 Å². The number of hydrogen-bond acceptors (Lipinski definition) is 4. The summed E-state index contributed by atoms with van der Waals surface area (Å²) in [5, 5.41) is 0. The minimum absolute atomic E-state index is 0.101. The first-order valence-corrected chi connectivity index (χ1v) is 8.69. The second-order valence-electron chi connectivity index (χ2n) is 8.25. The Balaban J connectivity index is 1.94. The monoisotopic (exact) mass is 305 g/mol. The molecule has 0 radical (unpaired) electrons. The zero-order valence-electron chi connectivity index (χ0n) is 15.0. The highest BCUT2D eigenvalue weighted by Gasteiger charge is 2.39. The van der Waals surface area contributed by atoms with Crippen LogP contribution in [0.15, 0.2) is 16.3 Å². The molecule has 0 aromatic carbocycles. The lowest BCUT2D eigenvalue weighted by Crippen LogP contribution is -2.59. The van der Waals surface area contributed by atoms with Crippen LogP contribution in [-0.4, -0.2) is 60.6 Å². The summed E-state index contributed by atoms with van der Waals surface area (Å²) >= 11 is 0. The zero-order valence-corrected chi connectivity index (χ0v) is 15.0. The number of hydrogen-bond donors (Lipinski definition) is 0. The summed E-state index contributed by atoms with van der Waals surface area (Å²) in [6.07, 6.45) is 0. The van der Waals surface area contributed by atoms with Gasteiger partial charge in [0.1, 0.15) is 5.84 Å². The van der Waals surface area contributed by atoms with Crippen LogP contribution in [0.1, 0.15) is 41.5 Å². The van der Waals surface area contributed by atoms with Crippen molar-refractivity contribution in [3.8, 4) is 0 Å². The third-order valence-corrected chi connectivity index (χ3v) is 5.07. The quantitative estimate of drug-likeness (QED) is 0.785. The second kappa shape index (κ2) is 5.64. The molecule has 2 fully saturated rings. The van der Waals surface area contributed by atoms with Crippen LogP contribution < -0.4 is 0 Å². The average molecular weight is 305 g/mol. The van der Waals surface area contributed by atoms with Crippen molar-refractivity contribution in [1.82, 2.24) is 9.80 Å². The zero-order chi connectivity index (χ0) is 16.1. The Labute approximate surface area is 135 Å². The Morgan fingerprint density at radius 1 is 1.18 bits per heavy atom. The van der Waals surface area contributed by atoms with E-state index in [1.54, 1.807) is 0 Å². The number of piperazine rings is 1. The van der Waals surface area contributed by atoms with E-state index in [1.165, 1.54) is 17.1 Å². The topological polar surface area (TPSA) is 28.1 Å². The van der Waals surface area contributed by atoms with Gasteiger partial charge >= 0.3 is 0 Å². The highest BCUT2D eigenvalue weighted by atomic mass is 16.5. The van der Waals surface area contributed by atoms with Gasteiger partial charge in [-0.25, -0.2) is 0 Å². The van der Waals surface area contributed by atoms with Gasteiger partial charge in [0.25, 0.3) is 0 Å². The van der Waals surface area contributed by atoms with Gasteiger partial charge in [-0.05, 0) is 18.4 Å². The molecule has 22 heavy (non-hydrogen) atoms. The molecule has 3 aliphatic heterocycles. The molecule has 4 nitrogen and oxygen atoms in total. The summed E-state index contributed by atoms with van der Waals surface area (Å²) in [4.78, 5) is 10.2. The first kappa shape index (κ1) is 16.0. The summed E-state index contributed by atoms with van der Waals surface area (Å²) < 4.78 is 5.40. The van der Waals surface area contributed by atoms with Crippen LogP contribution in [0.5, 0.6) is 0 Å². The maximum absolute atomic E-state index is 5.40. The number of nitrogens with zero attached hydrogens (tertiary/aromatic N) is 3. The van der Waals surface area contributed by atoms with Crippen molar-refractivity contribution in [2.75, 3.05) is 32.8 Å². The molecule has 0 amide bonds. The van der Waals surface area contributed by atoms with E-state index in [-0.39, 0.29) is 5.41 Å². The molecule has 3 aliphatic rings. The molecule has 0 bridgehead atoms. The molecule has 0 N–H and O–H groups in total. The summed E-state index contributed by atoms with van der Waals surface area (Å²) in [5.74, 6) is 1.82. The van der Waals surface area contributed by atoms with Gasteiger partial charge in [0.05, 0.1) is 25.3 Å². The molecule has 0 aromatic heterocycles. The predicted octanol–water partition coefficient (Wildman–Crippen LogP) is 2.76. The first-order chi connectivity index (χ1) is 10.3. The van der Waals surface area contributed by atoms with E-state index in [1.807, 2.05) is 0 Å². The van der Waals surface area contributed by atoms with Gasteiger partial charge < -0.3 is 9.64 Å². The van der Waals surface area contributed by atoms with Crippen molar-refractivity contribution >= 4 is 5.84 Å². The highest BCUT2D eigenvalue weighted by Crippen LogP contribution is 2.36. The van der Waals surface area contributed by atoms with Crippen LogP contribution in [0, 0.1) is 11.3 Å². The van der Waals surface area contributed by atoms with Gasteiger partial charge in [-0.3, -0.25) is 9.89 Å². The molecule has 0 aromatic rings. The summed E-state index contributed by atoms with van der Waals surface area (Å²) in [6, 6.07) is 0.924. The van der Waals surface area contributed by atoms with Crippen LogP contribution in [0.25, 0.3) is 0 Å². The van der Waals surface area contributed by atoms with Crippen molar-refractivity contribution in [2.45, 2.75) is 53.6 Å². The fourth-order valence-electron chi connectivity index (χ4n) is 3.92. The van der Waals surface area contributed by atoms with Gasteiger partial charge in [-0.15, -0.1) is 0 Å². The third-order valence-electron chi connectivity index (χ3n) is 5.07. The average Bonchev–Trinajstić information content (AvgIpc) is 2.33. The van der Waals surface area contributed by atoms with Crippen LogP contribution in [0.4, 0.5) is 0 Å². The van der Waals surface area contributed by atoms with E-state index in [2.05, 4.69) is 51.3 Å². The Morgan fingerprint density at radius 3 is 2.36 bits per heavy atom. The number of ether oxygens (including phenoxy) is 1. The van der Waals surface area contributed by atoms with E-state index in [9.17, 15) is 0 Å². The maximum atomic E-state index is 5.40. The summed E-state index contributed by atoms with van der Waals surface area (Å²) in [5.41, 5.74) is 3.14. The lowest BCUT2D eigenvalue weighted by atomic mass is 9.86. The fraction of sp³-hybridized carbons (Fsp3) is 0.833. The van der Waals surface area contributed by atoms with Gasteiger partial charge in [-0.1, -0.05) is 34.6 Å². The number of aliphatic imine (C=N–C) groups is 1. The molecule has 4 heteroatoms. The van der Waals surface area contributed by atoms with Crippen molar-refractivity contribution < 1.29 is 4.74 Å². The first-order valence-electron chi connectivity index (χ1n) is 8.69. The van der Waals surface area contributed by atoms with Gasteiger partial charge in [0, 0.05) is 30.7 Å². The Bertz CT molecular complexity index is 497. The van der Waals surface area contributed by atoms with E-state index in [0.717, 1.165) is 32.8 Å². The second-order valence-corrected chi connectivity index (χ2v) is 8.25. The maximum Gasteiger partial charge on any atom is 0.109 e. The molecule has 2 saturated heterocycles. The SMILES string of the molecule is CC(C)C1=C2CN(C3COC3)CCN2C(C(C)(C)C)=N[C@H]1C. The molecular formula is C18H31N3O. The van der Waals surface area contributed by atoms with Crippen molar-refractivity contribution in [1.29, 1.82) is 0 Å². The van der Waals surface area contributed by atoms with E-state index in [4.69, 9.17) is 9.73 Å². The molecule has 1 atom stereocenters. The van der Waals surface area contributed by atoms with Gasteiger partial charge in [0.15, 0.2) is 0 Å². The number of amidine groups is 1. The largest absolute Gasteiger partial charge is 0.378 e. The fourth-order valence-corrected chi connectivity index (χ4v) is 3.92. The van der Waals surface area contributed by atoms with Crippen molar-refractivity contribution in [3.05, 3.63) is 11.3 Å². The molecule has 0 spiro atoms. The van der Waals surface area contributed by atoms with Gasteiger partial charge in [0.2, 0.25) is 0 Å². The normalized spacial score (nSPS) is 27.9. The summed E-state index contributed by atoms with van der Waals surface area (Å²) in [7, 11) is 0. The van der Waals surface area contributed by atoms with E-state index < -0.39 is 0 Å². The highest BCUT2D eigenvalue weighted by molar-refractivity contribution is 5.90.